The number of piperidine rings is 1. The molecule has 104 valence electrons. The molecular formula is C15H20FNO2. The maximum atomic E-state index is 13.3. The molecule has 0 spiro atoms. The van der Waals surface area contributed by atoms with E-state index in [0.717, 1.165) is 31.5 Å². The van der Waals surface area contributed by atoms with Crippen LogP contribution in [0.2, 0.25) is 0 Å². The Labute approximate surface area is 113 Å². The lowest BCUT2D eigenvalue weighted by Crippen LogP contribution is -2.36. The summed E-state index contributed by atoms with van der Waals surface area (Å²) in [7, 11) is 0. The number of nitrogens with zero attached hydrogens (tertiary/aromatic N) is 1. The van der Waals surface area contributed by atoms with E-state index in [9.17, 15) is 9.18 Å². The van der Waals surface area contributed by atoms with Crippen LogP contribution >= 0.6 is 0 Å². The second kappa shape index (κ2) is 5.29. The van der Waals surface area contributed by atoms with E-state index in [1.165, 1.54) is 12.1 Å². The normalized spacial score (nSPS) is 19.3. The molecule has 3 nitrogen and oxygen atoms in total. The first-order valence-electron chi connectivity index (χ1n) is 6.61. The largest absolute Gasteiger partial charge is 0.478 e. The van der Waals surface area contributed by atoms with Crippen LogP contribution in [0.1, 0.15) is 42.6 Å². The smallest absolute Gasteiger partial charge is 0.338 e. The van der Waals surface area contributed by atoms with Crippen molar-refractivity contribution in [2.24, 2.45) is 5.41 Å². The molecule has 0 bridgehead atoms. The molecule has 1 aromatic rings. The van der Waals surface area contributed by atoms with Crippen molar-refractivity contribution in [2.75, 3.05) is 13.1 Å². The molecule has 0 aliphatic carbocycles. The second-order valence-electron chi connectivity index (χ2n) is 6.06. The van der Waals surface area contributed by atoms with Gasteiger partial charge in [-0.15, -0.1) is 0 Å². The first kappa shape index (κ1) is 14.0. The third-order valence-corrected chi connectivity index (χ3v) is 3.88. The Morgan fingerprint density at radius 1 is 1.37 bits per heavy atom. The zero-order valence-electron chi connectivity index (χ0n) is 11.4. The van der Waals surface area contributed by atoms with Gasteiger partial charge in [0.05, 0.1) is 5.56 Å². The lowest BCUT2D eigenvalue weighted by molar-refractivity contribution is 0.0691. The monoisotopic (exact) mass is 265 g/mol. The highest BCUT2D eigenvalue weighted by molar-refractivity contribution is 5.88. The molecular weight excluding hydrogens is 245 g/mol. The third-order valence-electron chi connectivity index (χ3n) is 3.88. The van der Waals surface area contributed by atoms with Crippen LogP contribution in [0.3, 0.4) is 0 Å². The fraction of sp³-hybridized carbons (Fsp3) is 0.533. The number of carboxylic acid groups (broad SMARTS) is 1. The molecule has 0 amide bonds. The average molecular weight is 265 g/mol. The molecule has 1 aromatic carbocycles. The van der Waals surface area contributed by atoms with E-state index >= 15 is 0 Å². The fourth-order valence-electron chi connectivity index (χ4n) is 2.41. The van der Waals surface area contributed by atoms with Crippen molar-refractivity contribution in [3.8, 4) is 0 Å². The Balaban J connectivity index is 2.04. The average Bonchev–Trinajstić information content (AvgIpc) is 2.34. The SMILES string of the molecule is CC1(C)CCN(Cc2ccc(F)c(C(=O)O)c2)CC1. The van der Waals surface area contributed by atoms with Gasteiger partial charge in [0.2, 0.25) is 0 Å². The van der Waals surface area contributed by atoms with Gasteiger partial charge >= 0.3 is 5.97 Å². The minimum Gasteiger partial charge on any atom is -0.478 e. The molecule has 1 heterocycles. The van der Waals surface area contributed by atoms with E-state index < -0.39 is 11.8 Å². The van der Waals surface area contributed by atoms with Gasteiger partial charge in [-0.1, -0.05) is 19.9 Å². The minimum atomic E-state index is -1.21. The minimum absolute atomic E-state index is 0.241. The van der Waals surface area contributed by atoms with Gasteiger partial charge in [0.1, 0.15) is 5.82 Å². The molecule has 4 heteroatoms. The maximum Gasteiger partial charge on any atom is 0.338 e. The highest BCUT2D eigenvalue weighted by Crippen LogP contribution is 2.30. The van der Waals surface area contributed by atoms with Gasteiger partial charge in [-0.25, -0.2) is 9.18 Å². The molecule has 0 saturated carbocycles. The standard InChI is InChI=1S/C15H20FNO2/c1-15(2)5-7-17(8-6-15)10-11-3-4-13(16)12(9-11)14(18)19/h3-4,9H,5-8,10H2,1-2H3,(H,18,19). The Morgan fingerprint density at radius 3 is 2.58 bits per heavy atom. The van der Waals surface area contributed by atoms with Gasteiger partial charge < -0.3 is 5.11 Å². The van der Waals surface area contributed by atoms with Crippen LogP contribution in [0.4, 0.5) is 4.39 Å². The van der Waals surface area contributed by atoms with Gasteiger partial charge in [-0.05, 0) is 49.0 Å². The van der Waals surface area contributed by atoms with E-state index in [0.29, 0.717) is 12.0 Å². The first-order valence-corrected chi connectivity index (χ1v) is 6.61. The Kier molecular flexibility index (Phi) is 3.90. The summed E-state index contributed by atoms with van der Waals surface area (Å²) in [5, 5.41) is 8.91. The van der Waals surface area contributed by atoms with Crippen molar-refractivity contribution in [3.63, 3.8) is 0 Å². The molecule has 1 aliphatic rings. The van der Waals surface area contributed by atoms with Gasteiger partial charge in [0.25, 0.3) is 0 Å². The number of aromatic carboxylic acids is 1. The van der Waals surface area contributed by atoms with E-state index in [1.54, 1.807) is 6.07 Å². The molecule has 0 aromatic heterocycles. The number of likely N-dealkylation sites (tertiary alicyclic amines) is 1. The Hall–Kier alpha value is -1.42. The van der Waals surface area contributed by atoms with Crippen LogP contribution in [0, 0.1) is 11.2 Å². The van der Waals surface area contributed by atoms with Crippen LogP contribution in [0.25, 0.3) is 0 Å². The molecule has 0 unspecified atom stereocenters. The van der Waals surface area contributed by atoms with Crippen LogP contribution < -0.4 is 0 Å². The summed E-state index contributed by atoms with van der Waals surface area (Å²) in [6, 6.07) is 4.35. The van der Waals surface area contributed by atoms with Gasteiger partial charge in [-0.2, -0.15) is 0 Å². The van der Waals surface area contributed by atoms with Crippen LogP contribution in [0.5, 0.6) is 0 Å². The number of carbonyl (C=O) groups is 1. The Bertz CT molecular complexity index is 475. The Morgan fingerprint density at radius 2 is 2.00 bits per heavy atom. The summed E-state index contributed by atoms with van der Waals surface area (Å²) in [4.78, 5) is 13.2. The van der Waals surface area contributed by atoms with Gasteiger partial charge in [-0.3, -0.25) is 4.90 Å². The molecule has 1 N–H and O–H groups in total. The number of benzene rings is 1. The number of rotatable bonds is 3. The highest BCUT2D eigenvalue weighted by atomic mass is 19.1. The van der Waals surface area contributed by atoms with Crippen molar-refractivity contribution < 1.29 is 14.3 Å². The third kappa shape index (κ3) is 3.53. The van der Waals surface area contributed by atoms with E-state index in [1.807, 2.05) is 0 Å². The van der Waals surface area contributed by atoms with E-state index in [2.05, 4.69) is 18.7 Å². The highest BCUT2D eigenvalue weighted by Gasteiger charge is 2.25. The number of carboxylic acids is 1. The van der Waals surface area contributed by atoms with Gasteiger partial charge in [0.15, 0.2) is 0 Å². The van der Waals surface area contributed by atoms with Crippen LogP contribution in [0.15, 0.2) is 18.2 Å². The summed E-state index contributed by atoms with van der Waals surface area (Å²) in [6.45, 7) is 7.24. The number of hydrogen-bond acceptors (Lipinski definition) is 2. The van der Waals surface area contributed by atoms with Crippen LogP contribution in [-0.4, -0.2) is 29.1 Å². The zero-order valence-corrected chi connectivity index (χ0v) is 11.4. The fourth-order valence-corrected chi connectivity index (χ4v) is 2.41. The number of hydrogen-bond donors (Lipinski definition) is 1. The molecule has 0 radical (unpaired) electrons. The predicted octanol–water partition coefficient (Wildman–Crippen LogP) is 3.15. The predicted molar refractivity (Wildman–Crippen MR) is 71.7 cm³/mol. The number of halogens is 1. The molecule has 1 saturated heterocycles. The second-order valence-corrected chi connectivity index (χ2v) is 6.06. The lowest BCUT2D eigenvalue weighted by Gasteiger charge is -2.36. The molecule has 1 fully saturated rings. The van der Waals surface area contributed by atoms with Crippen molar-refractivity contribution in [1.29, 1.82) is 0 Å². The summed E-state index contributed by atoms with van der Waals surface area (Å²) >= 11 is 0. The molecule has 19 heavy (non-hydrogen) atoms. The van der Waals surface area contributed by atoms with Crippen molar-refractivity contribution in [1.82, 2.24) is 4.90 Å². The molecule has 0 atom stereocenters. The zero-order chi connectivity index (χ0) is 14.0. The summed E-state index contributed by atoms with van der Waals surface area (Å²) in [6.07, 6.45) is 2.28. The summed E-state index contributed by atoms with van der Waals surface area (Å²) in [5.74, 6) is -1.88. The van der Waals surface area contributed by atoms with Crippen LogP contribution in [-0.2, 0) is 6.54 Å². The molecule has 1 aliphatic heterocycles. The summed E-state index contributed by atoms with van der Waals surface area (Å²) < 4.78 is 13.3. The van der Waals surface area contributed by atoms with Gasteiger partial charge in [0, 0.05) is 6.54 Å². The van der Waals surface area contributed by atoms with E-state index in [-0.39, 0.29) is 5.56 Å². The maximum absolute atomic E-state index is 13.3. The summed E-state index contributed by atoms with van der Waals surface area (Å²) in [5.41, 5.74) is 1.01. The van der Waals surface area contributed by atoms with E-state index in [4.69, 9.17) is 5.11 Å². The first-order chi connectivity index (χ1) is 8.87. The van der Waals surface area contributed by atoms with Crippen molar-refractivity contribution in [3.05, 3.63) is 35.1 Å². The van der Waals surface area contributed by atoms with Crippen molar-refractivity contribution >= 4 is 5.97 Å². The lowest BCUT2D eigenvalue weighted by atomic mass is 9.82. The van der Waals surface area contributed by atoms with Crippen molar-refractivity contribution in [2.45, 2.75) is 33.2 Å². The molecule has 2 rings (SSSR count). The quantitative estimate of drug-likeness (QED) is 0.912. The topological polar surface area (TPSA) is 40.5 Å².